The Morgan fingerprint density at radius 3 is 2.57 bits per heavy atom. The molecule has 1 N–H and O–H groups in total. The molecule has 118 valence electrons. The van der Waals surface area contributed by atoms with Gasteiger partial charge >= 0.3 is 0 Å². The van der Waals surface area contributed by atoms with Crippen LogP contribution >= 0.6 is 31.9 Å². The van der Waals surface area contributed by atoms with Gasteiger partial charge in [-0.2, -0.15) is 0 Å². The smallest absolute Gasteiger partial charge is 0.133 e. The molecule has 3 atom stereocenters. The number of ether oxygens (including phenoxy) is 1. The third-order valence-corrected chi connectivity index (χ3v) is 5.24. The number of β-amino-alcohol motifs (C(OH)–C–C–N with tert-alkyl or cyclic N) is 1. The number of aliphatic hydroxyl groups excluding tert-OH is 1. The second-order valence-electron chi connectivity index (χ2n) is 5.87. The second-order valence-corrected chi connectivity index (χ2v) is 7.64. The summed E-state index contributed by atoms with van der Waals surface area (Å²) < 4.78 is 7.61. The van der Waals surface area contributed by atoms with Gasteiger partial charge in [0.25, 0.3) is 0 Å². The lowest BCUT2D eigenvalue weighted by Gasteiger charge is -2.40. The van der Waals surface area contributed by atoms with E-state index in [1.807, 2.05) is 18.2 Å². The van der Waals surface area contributed by atoms with E-state index in [1.165, 1.54) is 19.3 Å². The third-order valence-electron chi connectivity index (χ3n) is 4.12. The Morgan fingerprint density at radius 1 is 1.29 bits per heavy atom. The molecule has 0 aromatic heterocycles. The highest BCUT2D eigenvalue weighted by Crippen LogP contribution is 2.28. The summed E-state index contributed by atoms with van der Waals surface area (Å²) in [5, 5.41) is 10.3. The van der Waals surface area contributed by atoms with Gasteiger partial charge in [0, 0.05) is 23.1 Å². The lowest BCUT2D eigenvalue weighted by Crippen LogP contribution is -2.48. The van der Waals surface area contributed by atoms with E-state index in [0.717, 1.165) is 14.7 Å². The molecule has 1 fully saturated rings. The average molecular weight is 421 g/mol. The minimum atomic E-state index is -0.469. The van der Waals surface area contributed by atoms with Crippen LogP contribution < -0.4 is 4.74 Å². The van der Waals surface area contributed by atoms with Crippen molar-refractivity contribution in [2.45, 2.75) is 51.3 Å². The van der Waals surface area contributed by atoms with Gasteiger partial charge in [0.15, 0.2) is 0 Å². The second kappa shape index (κ2) is 7.95. The fourth-order valence-electron chi connectivity index (χ4n) is 2.91. The lowest BCUT2D eigenvalue weighted by atomic mass is 9.97. The Hall–Kier alpha value is -0.100. The van der Waals surface area contributed by atoms with Gasteiger partial charge in [0.1, 0.15) is 18.5 Å². The van der Waals surface area contributed by atoms with Crippen LogP contribution in [0, 0.1) is 0 Å². The van der Waals surface area contributed by atoms with Gasteiger partial charge in [-0.3, -0.25) is 4.90 Å². The monoisotopic (exact) mass is 419 g/mol. The molecule has 0 aliphatic carbocycles. The first-order valence-corrected chi connectivity index (χ1v) is 9.07. The van der Waals surface area contributed by atoms with Gasteiger partial charge in [0.05, 0.1) is 4.47 Å². The van der Waals surface area contributed by atoms with E-state index >= 15 is 0 Å². The molecule has 5 heteroatoms. The zero-order valence-corrected chi connectivity index (χ0v) is 15.7. The largest absolute Gasteiger partial charge is 0.490 e. The molecule has 0 bridgehead atoms. The third kappa shape index (κ3) is 4.95. The van der Waals surface area contributed by atoms with E-state index in [2.05, 4.69) is 50.6 Å². The lowest BCUT2D eigenvalue weighted by molar-refractivity contribution is 0.0207. The van der Waals surface area contributed by atoms with Gasteiger partial charge in [-0.15, -0.1) is 0 Å². The molecule has 0 amide bonds. The summed E-state index contributed by atoms with van der Waals surface area (Å²) in [6.45, 7) is 5.48. The summed E-state index contributed by atoms with van der Waals surface area (Å²) >= 11 is 6.88. The van der Waals surface area contributed by atoms with Gasteiger partial charge in [-0.05, 0) is 60.8 Å². The highest BCUT2D eigenvalue weighted by Gasteiger charge is 2.26. The Labute approximate surface area is 143 Å². The zero-order valence-electron chi connectivity index (χ0n) is 12.6. The van der Waals surface area contributed by atoms with Crippen LogP contribution in [0.2, 0.25) is 0 Å². The van der Waals surface area contributed by atoms with E-state index in [9.17, 15) is 5.11 Å². The fourth-order valence-corrected chi connectivity index (χ4v) is 4.07. The van der Waals surface area contributed by atoms with E-state index in [4.69, 9.17) is 4.74 Å². The fraction of sp³-hybridized carbons (Fsp3) is 0.625. The van der Waals surface area contributed by atoms with E-state index in [-0.39, 0.29) is 0 Å². The van der Waals surface area contributed by atoms with Crippen molar-refractivity contribution in [3.05, 3.63) is 27.1 Å². The summed E-state index contributed by atoms with van der Waals surface area (Å²) in [5.41, 5.74) is 0. The molecule has 0 saturated carbocycles. The first-order valence-electron chi connectivity index (χ1n) is 7.49. The molecule has 0 unspecified atom stereocenters. The summed E-state index contributed by atoms with van der Waals surface area (Å²) in [5.74, 6) is 0.761. The summed E-state index contributed by atoms with van der Waals surface area (Å²) in [4.78, 5) is 2.40. The molecule has 2 rings (SSSR count). The predicted molar refractivity (Wildman–Crippen MR) is 92.8 cm³/mol. The molecular formula is C16H23Br2NO2. The number of hydrogen-bond donors (Lipinski definition) is 1. The minimum absolute atomic E-state index is 0.316. The SMILES string of the molecule is C[C@@H]1CCC[C@@H](C)N1C[C@H](O)COc1ccc(Br)cc1Br. The van der Waals surface area contributed by atoms with Crippen molar-refractivity contribution >= 4 is 31.9 Å². The van der Waals surface area contributed by atoms with Crippen LogP contribution in [0.4, 0.5) is 0 Å². The molecule has 1 aromatic carbocycles. The van der Waals surface area contributed by atoms with Gasteiger partial charge in [0.2, 0.25) is 0 Å². The molecule has 1 aliphatic heterocycles. The van der Waals surface area contributed by atoms with Crippen molar-refractivity contribution < 1.29 is 9.84 Å². The Balaban J connectivity index is 1.85. The van der Waals surface area contributed by atoms with Crippen molar-refractivity contribution in [3.63, 3.8) is 0 Å². The van der Waals surface area contributed by atoms with Crippen molar-refractivity contribution in [1.29, 1.82) is 0 Å². The average Bonchev–Trinajstić information content (AvgIpc) is 2.42. The zero-order chi connectivity index (χ0) is 15.4. The number of benzene rings is 1. The molecule has 0 spiro atoms. The predicted octanol–water partition coefficient (Wildman–Crippen LogP) is 4.21. The number of nitrogens with zero attached hydrogens (tertiary/aromatic N) is 1. The number of likely N-dealkylation sites (tertiary alicyclic amines) is 1. The minimum Gasteiger partial charge on any atom is -0.490 e. The van der Waals surface area contributed by atoms with Crippen LogP contribution in [-0.4, -0.2) is 41.3 Å². The maximum atomic E-state index is 10.3. The van der Waals surface area contributed by atoms with Crippen LogP contribution in [0.5, 0.6) is 5.75 Å². The first kappa shape index (κ1) is 17.3. The molecule has 1 aromatic rings. The molecular weight excluding hydrogens is 398 g/mol. The van der Waals surface area contributed by atoms with Crippen LogP contribution in [0.15, 0.2) is 27.1 Å². The molecule has 1 saturated heterocycles. The number of aliphatic hydroxyl groups is 1. The van der Waals surface area contributed by atoms with Crippen molar-refractivity contribution in [1.82, 2.24) is 4.90 Å². The maximum Gasteiger partial charge on any atom is 0.133 e. The van der Waals surface area contributed by atoms with E-state index in [0.29, 0.717) is 25.2 Å². The van der Waals surface area contributed by atoms with Crippen LogP contribution in [-0.2, 0) is 0 Å². The number of hydrogen-bond acceptors (Lipinski definition) is 3. The quantitative estimate of drug-likeness (QED) is 0.774. The first-order chi connectivity index (χ1) is 9.97. The van der Waals surface area contributed by atoms with E-state index < -0.39 is 6.10 Å². The maximum absolute atomic E-state index is 10.3. The summed E-state index contributed by atoms with van der Waals surface area (Å²) in [7, 11) is 0. The van der Waals surface area contributed by atoms with Gasteiger partial charge in [-0.1, -0.05) is 22.4 Å². The van der Waals surface area contributed by atoms with E-state index in [1.54, 1.807) is 0 Å². The number of piperidine rings is 1. The Kier molecular flexibility index (Phi) is 6.53. The highest BCUT2D eigenvalue weighted by molar-refractivity contribution is 9.11. The van der Waals surface area contributed by atoms with Crippen molar-refractivity contribution in [2.75, 3.05) is 13.2 Å². The standard InChI is InChI=1S/C16H23Br2NO2/c1-11-4-3-5-12(2)19(11)9-14(20)10-21-16-7-6-13(17)8-15(16)18/h6-8,11-12,14,20H,3-5,9-10H2,1-2H3/t11-,12-,14+/m1/s1. The Bertz CT molecular complexity index is 460. The normalized spacial score (nSPS) is 24.8. The van der Waals surface area contributed by atoms with Gasteiger partial charge in [-0.25, -0.2) is 0 Å². The number of rotatable bonds is 5. The molecule has 0 radical (unpaired) electrons. The Morgan fingerprint density at radius 2 is 1.95 bits per heavy atom. The molecule has 21 heavy (non-hydrogen) atoms. The van der Waals surface area contributed by atoms with Gasteiger partial charge < -0.3 is 9.84 Å². The van der Waals surface area contributed by atoms with Crippen LogP contribution in [0.3, 0.4) is 0 Å². The summed E-state index contributed by atoms with van der Waals surface area (Å²) in [6.07, 6.45) is 3.26. The van der Waals surface area contributed by atoms with Crippen molar-refractivity contribution in [2.24, 2.45) is 0 Å². The molecule has 1 aliphatic rings. The van der Waals surface area contributed by atoms with Crippen LogP contribution in [0.1, 0.15) is 33.1 Å². The number of halogens is 2. The van der Waals surface area contributed by atoms with Crippen molar-refractivity contribution in [3.8, 4) is 5.75 Å². The molecule has 1 heterocycles. The molecule has 3 nitrogen and oxygen atoms in total. The summed E-state index contributed by atoms with van der Waals surface area (Å²) in [6, 6.07) is 6.86. The topological polar surface area (TPSA) is 32.7 Å². The highest BCUT2D eigenvalue weighted by atomic mass is 79.9. The van der Waals surface area contributed by atoms with Crippen LogP contribution in [0.25, 0.3) is 0 Å².